The largest absolute Gasteiger partial charge is 0.309 e. The summed E-state index contributed by atoms with van der Waals surface area (Å²) in [6.07, 6.45) is 2.41. The van der Waals surface area contributed by atoms with Gasteiger partial charge in [0.05, 0.1) is 10.0 Å². The highest BCUT2D eigenvalue weighted by molar-refractivity contribution is 6.42. The molecular weight excluding hydrogens is 301 g/mol. The Morgan fingerprint density at radius 1 is 1.05 bits per heavy atom. The van der Waals surface area contributed by atoms with E-state index in [1.807, 2.05) is 12.1 Å². The molecule has 1 nitrogen and oxygen atoms in total. The molecule has 0 heterocycles. The van der Waals surface area contributed by atoms with Gasteiger partial charge in [-0.3, -0.25) is 0 Å². The zero-order chi connectivity index (χ0) is 14.9. The van der Waals surface area contributed by atoms with Gasteiger partial charge in [0, 0.05) is 11.5 Å². The fraction of sp³-hybridized carbons (Fsp3) is 0.333. The van der Waals surface area contributed by atoms with Crippen molar-refractivity contribution < 1.29 is 0 Å². The van der Waals surface area contributed by atoms with E-state index < -0.39 is 0 Å². The highest BCUT2D eigenvalue weighted by atomic mass is 35.5. The SMILES string of the molecule is CCNC(c1ccc(Cl)c(Cl)c1)C1(c2ccccc2)CC1. The van der Waals surface area contributed by atoms with Crippen LogP contribution in [0.4, 0.5) is 0 Å². The summed E-state index contributed by atoms with van der Waals surface area (Å²) in [7, 11) is 0. The molecular formula is C18H19Cl2N. The van der Waals surface area contributed by atoms with Gasteiger partial charge in [0.15, 0.2) is 0 Å². The summed E-state index contributed by atoms with van der Waals surface area (Å²) >= 11 is 12.3. The van der Waals surface area contributed by atoms with E-state index in [0.29, 0.717) is 10.0 Å². The number of halogens is 2. The van der Waals surface area contributed by atoms with Gasteiger partial charge >= 0.3 is 0 Å². The summed E-state index contributed by atoms with van der Waals surface area (Å²) < 4.78 is 0. The van der Waals surface area contributed by atoms with E-state index in [1.54, 1.807) is 0 Å². The van der Waals surface area contributed by atoms with Gasteiger partial charge in [-0.05, 0) is 42.6 Å². The molecule has 0 aromatic heterocycles. The van der Waals surface area contributed by atoms with Crippen molar-refractivity contribution in [3.63, 3.8) is 0 Å². The molecule has 1 N–H and O–H groups in total. The number of nitrogens with one attached hydrogen (secondary N) is 1. The van der Waals surface area contributed by atoms with Crippen LogP contribution in [0.3, 0.4) is 0 Å². The van der Waals surface area contributed by atoms with Gasteiger partial charge in [0.1, 0.15) is 0 Å². The topological polar surface area (TPSA) is 12.0 Å². The lowest BCUT2D eigenvalue weighted by Gasteiger charge is -2.29. The van der Waals surface area contributed by atoms with Crippen LogP contribution in [0.5, 0.6) is 0 Å². The first-order chi connectivity index (χ1) is 10.2. The molecule has 3 heteroatoms. The van der Waals surface area contributed by atoms with E-state index >= 15 is 0 Å². The summed E-state index contributed by atoms with van der Waals surface area (Å²) in [4.78, 5) is 0. The normalized spacial score (nSPS) is 17.5. The molecule has 0 amide bonds. The molecule has 1 saturated carbocycles. The number of rotatable bonds is 5. The average molecular weight is 320 g/mol. The number of likely N-dealkylation sites (N-methyl/N-ethyl adjacent to an activating group) is 1. The van der Waals surface area contributed by atoms with Crippen LogP contribution in [0.15, 0.2) is 48.5 Å². The van der Waals surface area contributed by atoms with Crippen LogP contribution in [0.1, 0.15) is 36.9 Å². The van der Waals surface area contributed by atoms with E-state index in [0.717, 1.165) is 6.54 Å². The summed E-state index contributed by atoms with van der Waals surface area (Å²) in [6.45, 7) is 3.07. The van der Waals surface area contributed by atoms with Crippen molar-refractivity contribution >= 4 is 23.2 Å². The molecule has 0 saturated heterocycles. The second-order valence-electron chi connectivity index (χ2n) is 5.69. The van der Waals surface area contributed by atoms with Crippen molar-refractivity contribution in [2.24, 2.45) is 0 Å². The lowest BCUT2D eigenvalue weighted by atomic mass is 9.84. The second-order valence-corrected chi connectivity index (χ2v) is 6.50. The molecule has 0 aliphatic heterocycles. The van der Waals surface area contributed by atoms with E-state index in [1.165, 1.54) is 24.0 Å². The molecule has 0 bridgehead atoms. The standard InChI is InChI=1S/C18H19Cl2N/c1-2-21-17(13-8-9-15(19)16(20)12-13)18(10-11-18)14-6-4-3-5-7-14/h3-9,12,17,21H,2,10-11H2,1H3. The van der Waals surface area contributed by atoms with Crippen molar-refractivity contribution in [3.05, 3.63) is 69.7 Å². The van der Waals surface area contributed by atoms with Crippen LogP contribution < -0.4 is 5.32 Å². The minimum Gasteiger partial charge on any atom is -0.309 e. The fourth-order valence-electron chi connectivity index (χ4n) is 3.18. The predicted octanol–water partition coefficient (Wildman–Crippen LogP) is 5.38. The predicted molar refractivity (Wildman–Crippen MR) is 90.2 cm³/mol. The molecule has 0 radical (unpaired) electrons. The monoisotopic (exact) mass is 319 g/mol. The quantitative estimate of drug-likeness (QED) is 0.780. The number of hydrogen-bond acceptors (Lipinski definition) is 1. The minimum absolute atomic E-state index is 0.189. The van der Waals surface area contributed by atoms with Gasteiger partial charge in [0.2, 0.25) is 0 Å². The Hall–Kier alpha value is -1.02. The third-order valence-electron chi connectivity index (χ3n) is 4.38. The van der Waals surface area contributed by atoms with Crippen molar-refractivity contribution in [2.45, 2.75) is 31.2 Å². The van der Waals surface area contributed by atoms with Gasteiger partial charge in [-0.15, -0.1) is 0 Å². The zero-order valence-electron chi connectivity index (χ0n) is 12.1. The minimum atomic E-state index is 0.189. The fourth-order valence-corrected chi connectivity index (χ4v) is 3.48. The van der Waals surface area contributed by atoms with Crippen LogP contribution in [0.25, 0.3) is 0 Å². The Morgan fingerprint density at radius 2 is 1.76 bits per heavy atom. The van der Waals surface area contributed by atoms with Crippen LogP contribution in [-0.2, 0) is 5.41 Å². The number of benzene rings is 2. The first-order valence-corrected chi connectivity index (χ1v) is 8.17. The van der Waals surface area contributed by atoms with Gasteiger partial charge in [-0.2, -0.15) is 0 Å². The maximum atomic E-state index is 6.21. The van der Waals surface area contributed by atoms with Crippen molar-refractivity contribution in [1.29, 1.82) is 0 Å². The highest BCUT2D eigenvalue weighted by Crippen LogP contribution is 2.56. The molecule has 2 aromatic carbocycles. The molecule has 3 rings (SSSR count). The molecule has 1 aliphatic carbocycles. The van der Waals surface area contributed by atoms with E-state index in [-0.39, 0.29) is 11.5 Å². The molecule has 1 unspecified atom stereocenters. The Kier molecular flexibility index (Phi) is 4.26. The van der Waals surface area contributed by atoms with E-state index in [9.17, 15) is 0 Å². The first-order valence-electron chi connectivity index (χ1n) is 7.41. The van der Waals surface area contributed by atoms with Crippen molar-refractivity contribution in [2.75, 3.05) is 6.54 Å². The maximum absolute atomic E-state index is 6.21. The van der Waals surface area contributed by atoms with Crippen molar-refractivity contribution in [1.82, 2.24) is 5.32 Å². The lowest BCUT2D eigenvalue weighted by molar-refractivity contribution is 0.439. The summed E-state index contributed by atoms with van der Waals surface area (Å²) in [5, 5.41) is 4.88. The Labute approximate surface area is 136 Å². The van der Waals surface area contributed by atoms with Gasteiger partial charge < -0.3 is 5.32 Å². The smallest absolute Gasteiger partial charge is 0.0595 e. The third kappa shape index (κ3) is 2.83. The van der Waals surface area contributed by atoms with Gasteiger partial charge in [-0.25, -0.2) is 0 Å². The molecule has 21 heavy (non-hydrogen) atoms. The summed E-state index contributed by atoms with van der Waals surface area (Å²) in [5.74, 6) is 0. The van der Waals surface area contributed by atoms with Crippen LogP contribution in [0.2, 0.25) is 10.0 Å². The Balaban J connectivity index is 2.00. The highest BCUT2D eigenvalue weighted by Gasteiger charge is 2.50. The third-order valence-corrected chi connectivity index (χ3v) is 5.11. The molecule has 1 fully saturated rings. The molecule has 2 aromatic rings. The molecule has 1 atom stereocenters. The maximum Gasteiger partial charge on any atom is 0.0595 e. The van der Waals surface area contributed by atoms with Crippen LogP contribution >= 0.6 is 23.2 Å². The second kappa shape index (κ2) is 6.00. The first kappa shape index (κ1) is 14.9. The summed E-state index contributed by atoms with van der Waals surface area (Å²) in [6, 6.07) is 17.0. The van der Waals surface area contributed by atoms with E-state index in [2.05, 4.69) is 48.6 Å². The lowest BCUT2D eigenvalue weighted by Crippen LogP contribution is -2.32. The Bertz CT molecular complexity index is 620. The van der Waals surface area contributed by atoms with Crippen molar-refractivity contribution in [3.8, 4) is 0 Å². The van der Waals surface area contributed by atoms with Gasteiger partial charge in [0.25, 0.3) is 0 Å². The van der Waals surface area contributed by atoms with Gasteiger partial charge in [-0.1, -0.05) is 66.5 Å². The molecule has 0 spiro atoms. The number of hydrogen-bond donors (Lipinski definition) is 1. The molecule has 110 valence electrons. The van der Waals surface area contributed by atoms with Crippen LogP contribution in [0, 0.1) is 0 Å². The molecule has 1 aliphatic rings. The zero-order valence-corrected chi connectivity index (χ0v) is 13.6. The average Bonchev–Trinajstić information content (AvgIpc) is 3.30. The Morgan fingerprint density at radius 3 is 2.33 bits per heavy atom. The van der Waals surface area contributed by atoms with E-state index in [4.69, 9.17) is 23.2 Å². The van der Waals surface area contributed by atoms with Crippen LogP contribution in [-0.4, -0.2) is 6.54 Å². The summed E-state index contributed by atoms with van der Waals surface area (Å²) in [5.41, 5.74) is 2.81.